The van der Waals surface area contributed by atoms with Crippen molar-refractivity contribution in [2.45, 2.75) is 0 Å². The van der Waals surface area contributed by atoms with E-state index in [0.717, 1.165) is 5.52 Å². The summed E-state index contributed by atoms with van der Waals surface area (Å²) in [5, 5.41) is 9.51. The fraction of sp³-hybridized carbons (Fsp3) is 0. The molecule has 3 N–H and O–H groups in total. The number of rotatable bonds is 0. The van der Waals surface area contributed by atoms with E-state index in [-0.39, 0.29) is 22.7 Å². The van der Waals surface area contributed by atoms with E-state index in [1.54, 1.807) is 6.07 Å². The molecular formula is C9H9BrN2O. The van der Waals surface area contributed by atoms with Gasteiger partial charge in [0.15, 0.2) is 12.4 Å². The zero-order valence-electron chi connectivity index (χ0n) is 6.81. The summed E-state index contributed by atoms with van der Waals surface area (Å²) in [6.45, 7) is 0. The Balaban J connectivity index is 0.000000845. The number of fused-ring (bicyclic) bond motifs is 1. The Morgan fingerprint density at radius 1 is 1.15 bits per heavy atom. The minimum atomic E-state index is 0. The molecule has 0 aliphatic rings. The molecule has 0 spiro atoms. The van der Waals surface area contributed by atoms with Crippen molar-refractivity contribution in [2.24, 2.45) is 0 Å². The molecule has 2 aromatic heterocycles. The number of aromatic hydroxyl groups is 1. The summed E-state index contributed by atoms with van der Waals surface area (Å²) < 4.78 is 1.81. The summed E-state index contributed by atoms with van der Waals surface area (Å²) in [5.41, 5.74) is 6.65. The number of nitrogens with two attached hydrogens (primary N) is 1. The number of halogens is 1. The molecule has 13 heavy (non-hydrogen) atoms. The Morgan fingerprint density at radius 3 is 2.69 bits per heavy atom. The maximum atomic E-state index is 9.51. The lowest BCUT2D eigenvalue weighted by molar-refractivity contribution is -0.512. The van der Waals surface area contributed by atoms with E-state index in [0.29, 0.717) is 5.69 Å². The first-order chi connectivity index (χ1) is 5.79. The highest BCUT2D eigenvalue weighted by Crippen LogP contribution is 2.21. The van der Waals surface area contributed by atoms with Crippen LogP contribution in [0.25, 0.3) is 5.52 Å². The highest BCUT2D eigenvalue weighted by molar-refractivity contribution is 5.65. The zero-order chi connectivity index (χ0) is 8.55. The van der Waals surface area contributed by atoms with Crippen molar-refractivity contribution in [1.82, 2.24) is 0 Å². The van der Waals surface area contributed by atoms with Crippen LogP contribution in [-0.2, 0) is 0 Å². The van der Waals surface area contributed by atoms with Gasteiger partial charge in [-0.25, -0.2) is 0 Å². The molecule has 4 heteroatoms. The van der Waals surface area contributed by atoms with Crippen LogP contribution in [0.4, 0.5) is 5.69 Å². The van der Waals surface area contributed by atoms with Gasteiger partial charge >= 0.3 is 0 Å². The number of pyridine rings is 2. The van der Waals surface area contributed by atoms with Crippen LogP contribution in [0.2, 0.25) is 0 Å². The second-order valence-electron chi connectivity index (χ2n) is 2.61. The minimum Gasteiger partial charge on any atom is -1.00 e. The van der Waals surface area contributed by atoms with Gasteiger partial charge in [-0.15, -0.1) is 0 Å². The number of nitrogens with zero attached hydrogens (tertiary/aromatic N) is 1. The predicted molar refractivity (Wildman–Crippen MR) is 45.7 cm³/mol. The van der Waals surface area contributed by atoms with E-state index in [1.807, 2.05) is 35.0 Å². The van der Waals surface area contributed by atoms with Crippen molar-refractivity contribution in [3.05, 3.63) is 36.7 Å². The molecule has 0 atom stereocenters. The van der Waals surface area contributed by atoms with Crippen LogP contribution in [-0.4, -0.2) is 5.11 Å². The number of nitrogen functional groups attached to an aromatic ring is 1. The smallest absolute Gasteiger partial charge is 0.254 e. The summed E-state index contributed by atoms with van der Waals surface area (Å²) in [7, 11) is 0. The van der Waals surface area contributed by atoms with Crippen molar-refractivity contribution >= 4 is 11.2 Å². The first-order valence-corrected chi connectivity index (χ1v) is 3.66. The van der Waals surface area contributed by atoms with E-state index < -0.39 is 0 Å². The van der Waals surface area contributed by atoms with E-state index in [4.69, 9.17) is 5.73 Å². The maximum Gasteiger partial charge on any atom is 0.254 e. The van der Waals surface area contributed by atoms with Gasteiger partial charge in [0, 0.05) is 18.2 Å². The molecule has 0 fully saturated rings. The second-order valence-corrected chi connectivity index (χ2v) is 2.61. The molecule has 0 unspecified atom stereocenters. The van der Waals surface area contributed by atoms with Gasteiger partial charge in [0.25, 0.3) is 5.52 Å². The minimum absolute atomic E-state index is 0. The fourth-order valence-electron chi connectivity index (χ4n) is 1.17. The van der Waals surface area contributed by atoms with Gasteiger partial charge in [0.05, 0.1) is 5.69 Å². The van der Waals surface area contributed by atoms with Crippen molar-refractivity contribution in [1.29, 1.82) is 0 Å². The quantitative estimate of drug-likeness (QED) is 0.510. The molecule has 0 aliphatic carbocycles. The Hall–Kier alpha value is -1.29. The fourth-order valence-corrected chi connectivity index (χ4v) is 1.17. The molecule has 2 heterocycles. The molecule has 0 bridgehead atoms. The molecule has 0 aliphatic heterocycles. The second kappa shape index (κ2) is 3.62. The molecule has 0 saturated carbocycles. The molecule has 0 amide bonds. The summed E-state index contributed by atoms with van der Waals surface area (Å²) in [6, 6.07) is 7.23. The van der Waals surface area contributed by atoms with Crippen LogP contribution in [0, 0.1) is 0 Å². The molecule has 0 aromatic carbocycles. The topological polar surface area (TPSA) is 50.3 Å². The van der Waals surface area contributed by atoms with Crippen LogP contribution in [0.3, 0.4) is 0 Å². The normalized spacial score (nSPS) is 9.54. The number of anilines is 1. The van der Waals surface area contributed by atoms with Gasteiger partial charge in [0.1, 0.15) is 0 Å². The van der Waals surface area contributed by atoms with Crippen LogP contribution in [0.1, 0.15) is 0 Å². The van der Waals surface area contributed by atoms with Gasteiger partial charge in [-0.3, -0.25) is 0 Å². The third-order valence-electron chi connectivity index (χ3n) is 1.82. The Bertz CT molecular complexity index is 431. The largest absolute Gasteiger partial charge is 1.00 e. The van der Waals surface area contributed by atoms with E-state index in [2.05, 4.69) is 0 Å². The standard InChI is InChI=1S/C9H8N2O.BrH/c10-7-4-6-11-5-2-1-3-8(11)9(7)12;/h1-6,10,12H;1H. The average Bonchev–Trinajstić information content (AvgIpc) is 2.12. The van der Waals surface area contributed by atoms with Gasteiger partial charge in [-0.2, -0.15) is 4.40 Å². The summed E-state index contributed by atoms with van der Waals surface area (Å²) in [6.07, 6.45) is 3.67. The van der Waals surface area contributed by atoms with Gasteiger partial charge in [-0.05, 0) is 6.07 Å². The van der Waals surface area contributed by atoms with Gasteiger partial charge in [0.2, 0.25) is 5.75 Å². The van der Waals surface area contributed by atoms with Crippen LogP contribution >= 0.6 is 0 Å². The monoisotopic (exact) mass is 240 g/mol. The molecule has 0 saturated heterocycles. The SMILES string of the molecule is Nc1cc[n+]2ccccc2c1O.[Br-]. The third-order valence-corrected chi connectivity index (χ3v) is 1.82. The van der Waals surface area contributed by atoms with Crippen LogP contribution in [0.5, 0.6) is 5.75 Å². The summed E-state index contributed by atoms with van der Waals surface area (Å²) in [4.78, 5) is 0. The number of hydrogen-bond acceptors (Lipinski definition) is 2. The van der Waals surface area contributed by atoms with Crippen molar-refractivity contribution < 1.29 is 26.5 Å². The number of hydrogen-bond donors (Lipinski definition) is 2. The first-order valence-electron chi connectivity index (χ1n) is 3.66. The summed E-state index contributed by atoms with van der Waals surface area (Å²) >= 11 is 0. The Labute approximate surface area is 86.2 Å². The van der Waals surface area contributed by atoms with Crippen molar-refractivity contribution in [3.63, 3.8) is 0 Å². The highest BCUT2D eigenvalue weighted by atomic mass is 79.9. The lowest BCUT2D eigenvalue weighted by atomic mass is 10.3. The van der Waals surface area contributed by atoms with Gasteiger partial charge in [-0.1, -0.05) is 0 Å². The lowest BCUT2D eigenvalue weighted by Crippen LogP contribution is -3.00. The van der Waals surface area contributed by atoms with Crippen LogP contribution < -0.4 is 27.1 Å². The molecule has 68 valence electrons. The molecule has 2 aromatic rings. The Morgan fingerprint density at radius 2 is 1.92 bits per heavy atom. The zero-order valence-corrected chi connectivity index (χ0v) is 8.40. The number of aromatic nitrogens is 1. The third kappa shape index (κ3) is 1.58. The first kappa shape index (κ1) is 9.80. The molecule has 0 radical (unpaired) electrons. The average molecular weight is 241 g/mol. The van der Waals surface area contributed by atoms with E-state index in [9.17, 15) is 5.11 Å². The Kier molecular flexibility index (Phi) is 2.72. The van der Waals surface area contributed by atoms with Gasteiger partial charge < -0.3 is 27.8 Å². The molecular weight excluding hydrogens is 232 g/mol. The highest BCUT2D eigenvalue weighted by Gasteiger charge is 2.08. The predicted octanol–water partition coefficient (Wildman–Crippen LogP) is -2.28. The summed E-state index contributed by atoms with van der Waals surface area (Å²) in [5.74, 6) is 0.137. The van der Waals surface area contributed by atoms with Crippen molar-refractivity contribution in [3.8, 4) is 5.75 Å². The van der Waals surface area contributed by atoms with E-state index in [1.165, 1.54) is 0 Å². The molecule has 3 nitrogen and oxygen atoms in total. The lowest BCUT2D eigenvalue weighted by Gasteiger charge is -1.96. The maximum absolute atomic E-state index is 9.51. The van der Waals surface area contributed by atoms with Crippen molar-refractivity contribution in [2.75, 3.05) is 5.73 Å². The molecule has 2 rings (SSSR count). The van der Waals surface area contributed by atoms with Crippen LogP contribution in [0.15, 0.2) is 36.7 Å². The van der Waals surface area contributed by atoms with E-state index >= 15 is 0 Å².